The zero-order valence-electron chi connectivity index (χ0n) is 17.3. The zero-order chi connectivity index (χ0) is 24.0. The minimum atomic E-state index is -4.01. The minimum absolute atomic E-state index is 0.0577. The number of hydrazone groups is 1. The molecular formula is C22H19Br2N3O5S. The van der Waals surface area contributed by atoms with Crippen LogP contribution in [0.25, 0.3) is 0 Å². The first-order chi connectivity index (χ1) is 15.7. The molecule has 0 aliphatic rings. The van der Waals surface area contributed by atoms with Crippen LogP contribution < -0.4 is 14.5 Å². The summed E-state index contributed by atoms with van der Waals surface area (Å²) >= 11 is 6.54. The van der Waals surface area contributed by atoms with Gasteiger partial charge >= 0.3 is 0 Å². The van der Waals surface area contributed by atoms with Gasteiger partial charge in [-0.3, -0.25) is 9.10 Å². The number of phenols is 1. The van der Waals surface area contributed by atoms with Crippen molar-refractivity contribution in [3.63, 3.8) is 0 Å². The lowest BCUT2D eigenvalue weighted by Gasteiger charge is -2.23. The van der Waals surface area contributed by atoms with E-state index in [1.54, 1.807) is 48.5 Å². The molecule has 0 bridgehead atoms. The maximum absolute atomic E-state index is 13.3. The van der Waals surface area contributed by atoms with Crippen LogP contribution in [0.15, 0.2) is 85.7 Å². The number of amides is 1. The fourth-order valence-electron chi connectivity index (χ4n) is 2.83. The summed E-state index contributed by atoms with van der Waals surface area (Å²) in [6, 6.07) is 17.6. The zero-order valence-corrected chi connectivity index (χ0v) is 21.3. The van der Waals surface area contributed by atoms with E-state index in [2.05, 4.69) is 42.4 Å². The summed E-state index contributed by atoms with van der Waals surface area (Å²) in [5.74, 6) is -0.475. The van der Waals surface area contributed by atoms with Gasteiger partial charge < -0.3 is 9.84 Å². The van der Waals surface area contributed by atoms with Crippen LogP contribution in [0.3, 0.4) is 0 Å². The molecule has 0 heterocycles. The predicted octanol–water partition coefficient (Wildman–Crippen LogP) is 4.27. The highest BCUT2D eigenvalue weighted by atomic mass is 79.9. The monoisotopic (exact) mass is 595 g/mol. The quantitative estimate of drug-likeness (QED) is 0.298. The van der Waals surface area contributed by atoms with Gasteiger partial charge in [0, 0.05) is 4.47 Å². The van der Waals surface area contributed by atoms with Crippen LogP contribution in [0.2, 0.25) is 0 Å². The van der Waals surface area contributed by atoms with E-state index in [0.717, 1.165) is 4.31 Å². The third-order valence-electron chi connectivity index (χ3n) is 4.39. The minimum Gasteiger partial charge on any atom is -0.503 e. The molecule has 11 heteroatoms. The van der Waals surface area contributed by atoms with Crippen LogP contribution in [-0.4, -0.2) is 39.3 Å². The normalized spacial score (nSPS) is 11.4. The van der Waals surface area contributed by atoms with Gasteiger partial charge in [0.05, 0.1) is 28.4 Å². The maximum atomic E-state index is 13.3. The highest BCUT2D eigenvalue weighted by Crippen LogP contribution is 2.34. The van der Waals surface area contributed by atoms with Crippen LogP contribution in [0.1, 0.15) is 5.56 Å². The summed E-state index contributed by atoms with van der Waals surface area (Å²) in [6.07, 6.45) is 1.35. The number of sulfonamides is 1. The first-order valence-corrected chi connectivity index (χ1v) is 12.5. The van der Waals surface area contributed by atoms with E-state index in [1.807, 2.05) is 0 Å². The van der Waals surface area contributed by atoms with Gasteiger partial charge in [0.1, 0.15) is 6.54 Å². The fraction of sp³-hybridized carbons (Fsp3) is 0.0909. The molecule has 0 aromatic heterocycles. The van der Waals surface area contributed by atoms with Crippen LogP contribution in [0, 0.1) is 0 Å². The molecule has 8 nitrogen and oxygen atoms in total. The topological polar surface area (TPSA) is 108 Å². The van der Waals surface area contributed by atoms with Crippen molar-refractivity contribution in [1.82, 2.24) is 5.43 Å². The number of carbonyl (C=O) groups is 1. The van der Waals surface area contributed by atoms with Crippen LogP contribution in [0.5, 0.6) is 11.5 Å². The summed E-state index contributed by atoms with van der Waals surface area (Å²) in [5.41, 5.74) is 3.19. The largest absolute Gasteiger partial charge is 0.503 e. The third kappa shape index (κ3) is 6.12. The molecule has 172 valence electrons. The molecule has 0 aliphatic carbocycles. The van der Waals surface area contributed by atoms with E-state index < -0.39 is 22.5 Å². The van der Waals surface area contributed by atoms with Crippen molar-refractivity contribution in [2.45, 2.75) is 4.90 Å². The standard InChI is InChI=1S/C22H19Br2N3O5S/c1-32-20-11-15(10-19(24)22(20)29)13-25-26-21(28)14-27(17-7-5-6-16(23)12-17)33(30,31)18-8-3-2-4-9-18/h2-13,29H,14H2,1H3,(H,26,28)/b25-13-. The Morgan fingerprint density at radius 2 is 1.85 bits per heavy atom. The Morgan fingerprint density at radius 3 is 2.52 bits per heavy atom. The molecular weight excluding hydrogens is 578 g/mol. The number of anilines is 1. The van der Waals surface area contributed by atoms with E-state index in [-0.39, 0.29) is 16.4 Å². The first-order valence-electron chi connectivity index (χ1n) is 9.44. The summed E-state index contributed by atoms with van der Waals surface area (Å²) < 4.78 is 33.7. The first kappa shape index (κ1) is 24.7. The third-order valence-corrected chi connectivity index (χ3v) is 7.27. The molecule has 1 amide bonds. The second kappa shape index (κ2) is 10.8. The van der Waals surface area contributed by atoms with E-state index >= 15 is 0 Å². The fourth-order valence-corrected chi connectivity index (χ4v) is 5.12. The van der Waals surface area contributed by atoms with Crippen LogP contribution in [-0.2, 0) is 14.8 Å². The maximum Gasteiger partial charge on any atom is 0.264 e. The Kier molecular flexibility index (Phi) is 8.11. The second-order valence-corrected chi connectivity index (χ2v) is 10.3. The lowest BCUT2D eigenvalue weighted by molar-refractivity contribution is -0.119. The lowest BCUT2D eigenvalue weighted by atomic mass is 10.2. The number of methoxy groups -OCH3 is 1. The number of aromatic hydroxyl groups is 1. The van der Waals surface area contributed by atoms with Crippen molar-refractivity contribution < 1.29 is 23.1 Å². The number of carbonyl (C=O) groups excluding carboxylic acids is 1. The van der Waals surface area contributed by atoms with Gasteiger partial charge in [0.2, 0.25) is 0 Å². The number of hydrogen-bond acceptors (Lipinski definition) is 6. The predicted molar refractivity (Wildman–Crippen MR) is 133 cm³/mol. The number of nitrogens with zero attached hydrogens (tertiary/aromatic N) is 2. The van der Waals surface area contributed by atoms with E-state index in [0.29, 0.717) is 20.2 Å². The van der Waals surface area contributed by atoms with Crippen molar-refractivity contribution in [2.75, 3.05) is 18.0 Å². The molecule has 0 atom stereocenters. The summed E-state index contributed by atoms with van der Waals surface area (Å²) in [4.78, 5) is 12.7. The van der Waals surface area contributed by atoms with E-state index in [4.69, 9.17) is 4.74 Å². The molecule has 0 saturated carbocycles. The average Bonchev–Trinajstić information content (AvgIpc) is 2.80. The molecule has 0 aliphatic heterocycles. The van der Waals surface area contributed by atoms with Crippen molar-refractivity contribution >= 4 is 59.7 Å². The number of benzene rings is 3. The Bertz CT molecular complexity index is 1280. The van der Waals surface area contributed by atoms with Crippen molar-refractivity contribution in [1.29, 1.82) is 0 Å². The lowest BCUT2D eigenvalue weighted by Crippen LogP contribution is -2.39. The number of phenolic OH excluding ortho intramolecular Hbond substituents is 1. The second-order valence-electron chi connectivity index (χ2n) is 6.65. The van der Waals surface area contributed by atoms with Crippen LogP contribution >= 0.6 is 31.9 Å². The van der Waals surface area contributed by atoms with Gasteiger partial charge in [-0.2, -0.15) is 5.10 Å². The highest BCUT2D eigenvalue weighted by Gasteiger charge is 2.27. The molecule has 2 N–H and O–H groups in total. The van der Waals surface area contributed by atoms with Gasteiger partial charge in [-0.15, -0.1) is 0 Å². The molecule has 0 spiro atoms. The molecule has 33 heavy (non-hydrogen) atoms. The number of ether oxygens (including phenoxy) is 1. The van der Waals surface area contributed by atoms with Gasteiger partial charge in [-0.05, 0) is 64.0 Å². The van der Waals surface area contributed by atoms with Crippen molar-refractivity contribution in [3.8, 4) is 11.5 Å². The summed E-state index contributed by atoms with van der Waals surface area (Å²) in [6.45, 7) is -0.492. The SMILES string of the molecule is COc1cc(/C=N\NC(=O)CN(c2cccc(Br)c2)S(=O)(=O)c2ccccc2)cc(Br)c1O. The molecule has 3 aromatic carbocycles. The van der Waals surface area contributed by atoms with Gasteiger partial charge in [-0.1, -0.05) is 40.2 Å². The van der Waals surface area contributed by atoms with E-state index in [9.17, 15) is 18.3 Å². The van der Waals surface area contributed by atoms with Crippen molar-refractivity contribution in [2.24, 2.45) is 5.10 Å². The Morgan fingerprint density at radius 1 is 1.12 bits per heavy atom. The van der Waals surface area contributed by atoms with Gasteiger partial charge in [0.15, 0.2) is 11.5 Å². The van der Waals surface area contributed by atoms with Gasteiger partial charge in [-0.25, -0.2) is 13.8 Å². The Labute approximate surface area is 208 Å². The molecule has 3 rings (SSSR count). The van der Waals surface area contributed by atoms with Crippen LogP contribution in [0.4, 0.5) is 5.69 Å². The number of rotatable bonds is 8. The van der Waals surface area contributed by atoms with Gasteiger partial charge in [0.25, 0.3) is 15.9 Å². The van der Waals surface area contributed by atoms with Crippen molar-refractivity contribution in [3.05, 3.63) is 81.2 Å². The Hall–Kier alpha value is -2.89. The smallest absolute Gasteiger partial charge is 0.264 e. The summed E-state index contributed by atoms with van der Waals surface area (Å²) in [7, 11) is -2.60. The molecule has 0 radical (unpaired) electrons. The molecule has 3 aromatic rings. The molecule has 0 fully saturated rings. The van der Waals surface area contributed by atoms with E-state index in [1.165, 1.54) is 31.5 Å². The Balaban J connectivity index is 1.83. The molecule has 0 saturated heterocycles. The number of halogens is 2. The number of hydrogen-bond donors (Lipinski definition) is 2. The summed E-state index contributed by atoms with van der Waals surface area (Å²) in [5, 5.41) is 13.8. The molecule has 0 unspecified atom stereocenters. The highest BCUT2D eigenvalue weighted by molar-refractivity contribution is 9.10. The average molecular weight is 597 g/mol. The number of nitrogens with one attached hydrogen (secondary N) is 1.